The summed E-state index contributed by atoms with van der Waals surface area (Å²) in [5.74, 6) is 0.473. The van der Waals surface area contributed by atoms with Gasteiger partial charge in [0.25, 0.3) is 5.24 Å². The van der Waals surface area contributed by atoms with Gasteiger partial charge in [-0.1, -0.05) is 57.7 Å². The Bertz CT molecular complexity index is 373. The van der Waals surface area contributed by atoms with E-state index < -0.39 is 0 Å². The second-order valence-corrected chi connectivity index (χ2v) is 5.19. The van der Waals surface area contributed by atoms with E-state index in [1.165, 1.54) is 19.3 Å². The van der Waals surface area contributed by atoms with Crippen LogP contribution < -0.4 is 0 Å². The van der Waals surface area contributed by atoms with E-state index in [1.807, 2.05) is 18.2 Å². The molecule has 1 aromatic carbocycles. The summed E-state index contributed by atoms with van der Waals surface area (Å²) in [7, 11) is 0. The van der Waals surface area contributed by atoms with Crippen molar-refractivity contribution in [3.05, 3.63) is 35.4 Å². The fraction of sp³-hybridized carbons (Fsp3) is 0.562. The lowest BCUT2D eigenvalue weighted by molar-refractivity contribution is 0.108. The third-order valence-electron chi connectivity index (χ3n) is 3.41. The van der Waals surface area contributed by atoms with Gasteiger partial charge in [0.2, 0.25) is 0 Å². The Labute approximate surface area is 116 Å². The Morgan fingerprint density at radius 1 is 1.11 bits per heavy atom. The largest absolute Gasteiger partial charge is 0.276 e. The molecule has 2 heteroatoms. The molecule has 0 spiro atoms. The number of halogens is 1. The van der Waals surface area contributed by atoms with Crippen molar-refractivity contribution in [3.63, 3.8) is 0 Å². The van der Waals surface area contributed by atoms with Crippen molar-refractivity contribution >= 4 is 16.8 Å². The van der Waals surface area contributed by atoms with Crippen molar-refractivity contribution in [3.8, 4) is 0 Å². The molecule has 0 N–H and O–H groups in total. The third-order valence-corrected chi connectivity index (χ3v) is 3.61. The van der Waals surface area contributed by atoms with E-state index in [0.29, 0.717) is 11.5 Å². The molecule has 1 aromatic rings. The number of hydrogen-bond donors (Lipinski definition) is 0. The summed E-state index contributed by atoms with van der Waals surface area (Å²) in [5, 5.41) is -0.331. The van der Waals surface area contributed by atoms with Crippen LogP contribution in [0.5, 0.6) is 0 Å². The highest BCUT2D eigenvalue weighted by molar-refractivity contribution is 6.67. The fourth-order valence-corrected chi connectivity index (χ4v) is 2.65. The molecule has 0 fully saturated rings. The van der Waals surface area contributed by atoms with Crippen LogP contribution in [-0.2, 0) is 0 Å². The topological polar surface area (TPSA) is 17.1 Å². The molecule has 1 unspecified atom stereocenters. The number of hydrogen-bond acceptors (Lipinski definition) is 1. The van der Waals surface area contributed by atoms with E-state index in [4.69, 9.17) is 11.6 Å². The molecule has 100 valence electrons. The second-order valence-electron chi connectivity index (χ2n) is 4.84. The first-order valence-electron chi connectivity index (χ1n) is 6.99. The van der Waals surface area contributed by atoms with Crippen LogP contribution in [0.15, 0.2) is 24.3 Å². The molecule has 1 rings (SSSR count). The first-order chi connectivity index (χ1) is 8.70. The number of carbonyl (C=O) groups is 1. The lowest BCUT2D eigenvalue weighted by Gasteiger charge is -2.18. The first-order valence-corrected chi connectivity index (χ1v) is 7.37. The van der Waals surface area contributed by atoms with Gasteiger partial charge >= 0.3 is 0 Å². The van der Waals surface area contributed by atoms with Gasteiger partial charge in [0, 0.05) is 5.56 Å². The Hall–Kier alpha value is -0.820. The average molecular weight is 267 g/mol. The Morgan fingerprint density at radius 3 is 2.44 bits per heavy atom. The zero-order valence-electron chi connectivity index (χ0n) is 11.4. The molecule has 0 saturated carbocycles. The van der Waals surface area contributed by atoms with Crippen LogP contribution in [0.4, 0.5) is 0 Å². The van der Waals surface area contributed by atoms with E-state index in [9.17, 15) is 4.79 Å². The molecule has 0 aromatic heterocycles. The third kappa shape index (κ3) is 4.45. The maximum absolute atomic E-state index is 11.5. The molecule has 18 heavy (non-hydrogen) atoms. The standard InChI is InChI=1S/C16H23ClO/c1-3-5-6-10-13(9-4-2)14-11-7-8-12-15(14)16(17)18/h7-8,11-13H,3-6,9-10H2,1-2H3. The van der Waals surface area contributed by atoms with Crippen LogP contribution in [0.3, 0.4) is 0 Å². The molecule has 0 aliphatic carbocycles. The lowest BCUT2D eigenvalue weighted by Crippen LogP contribution is -2.05. The zero-order chi connectivity index (χ0) is 13.4. The van der Waals surface area contributed by atoms with Crippen molar-refractivity contribution < 1.29 is 4.79 Å². The SMILES string of the molecule is CCCCCC(CCC)c1ccccc1C(=O)Cl. The monoisotopic (exact) mass is 266 g/mol. The van der Waals surface area contributed by atoms with E-state index in [2.05, 4.69) is 19.9 Å². The summed E-state index contributed by atoms with van der Waals surface area (Å²) in [6, 6.07) is 7.78. The van der Waals surface area contributed by atoms with Crippen molar-refractivity contribution in [2.75, 3.05) is 0 Å². The second kappa shape index (κ2) is 8.31. The van der Waals surface area contributed by atoms with Crippen LogP contribution in [0, 0.1) is 0 Å². The van der Waals surface area contributed by atoms with Crippen LogP contribution in [0.1, 0.15) is 74.2 Å². The highest BCUT2D eigenvalue weighted by atomic mass is 35.5. The first kappa shape index (κ1) is 15.2. The van der Waals surface area contributed by atoms with E-state index in [0.717, 1.165) is 24.8 Å². The smallest absolute Gasteiger partial charge is 0.252 e. The van der Waals surface area contributed by atoms with E-state index in [1.54, 1.807) is 0 Å². The average Bonchev–Trinajstić information content (AvgIpc) is 2.38. The fourth-order valence-electron chi connectivity index (χ4n) is 2.48. The molecule has 0 heterocycles. The molecular weight excluding hydrogens is 244 g/mol. The number of unbranched alkanes of at least 4 members (excludes halogenated alkanes) is 2. The summed E-state index contributed by atoms with van der Waals surface area (Å²) >= 11 is 5.67. The summed E-state index contributed by atoms with van der Waals surface area (Å²) < 4.78 is 0. The molecule has 0 amide bonds. The zero-order valence-corrected chi connectivity index (χ0v) is 12.2. The maximum atomic E-state index is 11.5. The van der Waals surface area contributed by atoms with Gasteiger partial charge in [-0.15, -0.1) is 0 Å². The summed E-state index contributed by atoms with van der Waals surface area (Å²) in [5.41, 5.74) is 1.82. The van der Waals surface area contributed by atoms with E-state index in [-0.39, 0.29) is 5.24 Å². The van der Waals surface area contributed by atoms with Crippen LogP contribution in [0.2, 0.25) is 0 Å². The van der Waals surface area contributed by atoms with Crippen molar-refractivity contribution in [2.45, 2.75) is 58.3 Å². The van der Waals surface area contributed by atoms with Gasteiger partial charge in [-0.2, -0.15) is 0 Å². The van der Waals surface area contributed by atoms with Gasteiger partial charge < -0.3 is 0 Å². The highest BCUT2D eigenvalue weighted by Gasteiger charge is 2.16. The predicted octanol–water partition coefficient (Wildman–Crippen LogP) is 5.53. The molecule has 0 radical (unpaired) electrons. The molecule has 0 bridgehead atoms. The molecule has 1 nitrogen and oxygen atoms in total. The van der Waals surface area contributed by atoms with Gasteiger partial charge in [0.05, 0.1) is 0 Å². The molecule has 0 aliphatic rings. The minimum atomic E-state index is -0.331. The van der Waals surface area contributed by atoms with Gasteiger partial charge in [-0.05, 0) is 42.0 Å². The van der Waals surface area contributed by atoms with Crippen LogP contribution >= 0.6 is 11.6 Å². The lowest BCUT2D eigenvalue weighted by atomic mass is 9.87. The molecular formula is C16H23ClO. The number of rotatable bonds is 8. The van der Waals surface area contributed by atoms with Crippen molar-refractivity contribution in [1.82, 2.24) is 0 Å². The van der Waals surface area contributed by atoms with Gasteiger partial charge in [-0.3, -0.25) is 4.79 Å². The Morgan fingerprint density at radius 2 is 1.83 bits per heavy atom. The van der Waals surface area contributed by atoms with Crippen molar-refractivity contribution in [1.29, 1.82) is 0 Å². The van der Waals surface area contributed by atoms with Gasteiger partial charge in [0.1, 0.15) is 0 Å². The Kier molecular flexibility index (Phi) is 7.04. The highest BCUT2D eigenvalue weighted by Crippen LogP contribution is 2.30. The quantitative estimate of drug-likeness (QED) is 0.447. The van der Waals surface area contributed by atoms with E-state index >= 15 is 0 Å². The van der Waals surface area contributed by atoms with Gasteiger partial charge in [0.15, 0.2) is 0 Å². The van der Waals surface area contributed by atoms with Crippen molar-refractivity contribution in [2.24, 2.45) is 0 Å². The minimum Gasteiger partial charge on any atom is -0.276 e. The van der Waals surface area contributed by atoms with Crippen LogP contribution in [-0.4, -0.2) is 5.24 Å². The Balaban J connectivity index is 2.86. The minimum absolute atomic E-state index is 0.331. The summed E-state index contributed by atoms with van der Waals surface area (Å²) in [4.78, 5) is 11.5. The number of carbonyl (C=O) groups excluding carboxylic acids is 1. The molecule has 0 saturated heterocycles. The summed E-state index contributed by atoms with van der Waals surface area (Å²) in [6.07, 6.45) is 7.15. The normalized spacial score (nSPS) is 12.4. The molecule has 1 atom stereocenters. The maximum Gasteiger partial charge on any atom is 0.252 e. The van der Waals surface area contributed by atoms with Gasteiger partial charge in [-0.25, -0.2) is 0 Å². The number of benzene rings is 1. The molecule has 0 aliphatic heterocycles. The summed E-state index contributed by atoms with van der Waals surface area (Å²) in [6.45, 7) is 4.41. The van der Waals surface area contributed by atoms with Crippen LogP contribution in [0.25, 0.3) is 0 Å². The predicted molar refractivity (Wildman–Crippen MR) is 78.4 cm³/mol.